The number of aromatic amines is 1. The lowest BCUT2D eigenvalue weighted by atomic mass is 10.2. The molecule has 27 heavy (non-hydrogen) atoms. The van der Waals surface area contributed by atoms with Gasteiger partial charge >= 0.3 is 0 Å². The average Bonchev–Trinajstić information content (AvgIpc) is 3.39. The van der Waals surface area contributed by atoms with Gasteiger partial charge in [-0.1, -0.05) is 18.2 Å². The highest BCUT2D eigenvalue weighted by Gasteiger charge is 2.32. The van der Waals surface area contributed by atoms with Crippen molar-refractivity contribution in [1.82, 2.24) is 24.6 Å². The monoisotopic (exact) mass is 363 g/mol. The zero-order valence-electron chi connectivity index (χ0n) is 14.6. The quantitative estimate of drug-likeness (QED) is 0.606. The number of likely N-dealkylation sites (tertiary alicyclic amines) is 1. The molecular weight excluding hydrogens is 345 g/mol. The van der Waals surface area contributed by atoms with Crippen molar-refractivity contribution in [3.63, 3.8) is 0 Å². The maximum Gasteiger partial charge on any atom is 0.244 e. The Balaban J connectivity index is 1.42. The first-order chi connectivity index (χ1) is 13.2. The first kappa shape index (κ1) is 16.0. The molecule has 0 radical (unpaired) electrons. The highest BCUT2D eigenvalue weighted by atomic mass is 19.1. The molecule has 1 aliphatic heterocycles. The van der Waals surface area contributed by atoms with E-state index in [1.54, 1.807) is 16.9 Å². The summed E-state index contributed by atoms with van der Waals surface area (Å²) in [6, 6.07) is 12.2. The molecule has 1 amide bonds. The maximum absolute atomic E-state index is 13.4. The van der Waals surface area contributed by atoms with Crippen LogP contribution >= 0.6 is 0 Å². The molecule has 7 heteroatoms. The average molecular weight is 363 g/mol. The van der Waals surface area contributed by atoms with E-state index in [0.29, 0.717) is 23.4 Å². The normalized spacial score (nSPS) is 17.2. The Kier molecular flexibility index (Phi) is 3.67. The Hall–Kier alpha value is -3.22. The van der Waals surface area contributed by atoms with E-state index in [0.717, 1.165) is 23.7 Å². The number of H-pyrrole nitrogens is 1. The fourth-order valence-electron chi connectivity index (χ4n) is 3.88. The molecule has 0 spiro atoms. The van der Waals surface area contributed by atoms with E-state index in [4.69, 9.17) is 0 Å². The van der Waals surface area contributed by atoms with Crippen LogP contribution in [-0.2, 0) is 11.3 Å². The Morgan fingerprint density at radius 3 is 3.07 bits per heavy atom. The summed E-state index contributed by atoms with van der Waals surface area (Å²) < 4.78 is 15.2. The van der Waals surface area contributed by atoms with Crippen molar-refractivity contribution < 1.29 is 9.18 Å². The van der Waals surface area contributed by atoms with Gasteiger partial charge in [0.1, 0.15) is 18.2 Å². The lowest BCUT2D eigenvalue weighted by Gasteiger charge is -2.23. The number of fused-ring (bicyclic) bond motifs is 2. The third-order valence-electron chi connectivity index (χ3n) is 5.19. The number of hydrogen-bond donors (Lipinski definition) is 1. The van der Waals surface area contributed by atoms with Crippen LogP contribution in [0.3, 0.4) is 0 Å². The molecule has 0 bridgehead atoms. The summed E-state index contributed by atoms with van der Waals surface area (Å²) in [4.78, 5) is 22.6. The number of para-hydroxylation sites is 1. The molecule has 4 aromatic rings. The van der Waals surface area contributed by atoms with Crippen LogP contribution in [-0.4, -0.2) is 37.1 Å². The van der Waals surface area contributed by atoms with Crippen LogP contribution in [0.1, 0.15) is 24.7 Å². The molecule has 0 saturated carbocycles. The SMILES string of the molecule is O=C(Cn1ncc2ccccc21)N1CCC[C@@H]1c1nc2ccc(F)cc2[nH]1. The third kappa shape index (κ3) is 2.75. The summed E-state index contributed by atoms with van der Waals surface area (Å²) >= 11 is 0. The number of imidazole rings is 1. The van der Waals surface area contributed by atoms with Crippen LogP contribution in [0.4, 0.5) is 4.39 Å². The fourth-order valence-corrected chi connectivity index (χ4v) is 3.88. The Labute approximate surface area is 154 Å². The Bertz CT molecular complexity index is 1150. The van der Waals surface area contributed by atoms with E-state index in [-0.39, 0.29) is 24.3 Å². The second-order valence-electron chi connectivity index (χ2n) is 6.89. The van der Waals surface area contributed by atoms with Gasteiger partial charge < -0.3 is 9.88 Å². The number of halogens is 1. The van der Waals surface area contributed by atoms with Crippen LogP contribution in [0.5, 0.6) is 0 Å². The largest absolute Gasteiger partial charge is 0.340 e. The second-order valence-corrected chi connectivity index (χ2v) is 6.89. The molecule has 5 rings (SSSR count). The smallest absolute Gasteiger partial charge is 0.244 e. The van der Waals surface area contributed by atoms with E-state index in [2.05, 4.69) is 15.1 Å². The van der Waals surface area contributed by atoms with Crippen LogP contribution in [0.25, 0.3) is 21.9 Å². The number of amides is 1. The summed E-state index contributed by atoms with van der Waals surface area (Å²) in [5.41, 5.74) is 2.31. The number of nitrogens with zero attached hydrogens (tertiary/aromatic N) is 4. The molecule has 1 atom stereocenters. The molecule has 1 fully saturated rings. The molecule has 0 unspecified atom stereocenters. The Morgan fingerprint density at radius 2 is 2.15 bits per heavy atom. The zero-order valence-corrected chi connectivity index (χ0v) is 14.6. The van der Waals surface area contributed by atoms with Crippen molar-refractivity contribution in [2.45, 2.75) is 25.4 Å². The highest BCUT2D eigenvalue weighted by molar-refractivity contribution is 5.82. The topological polar surface area (TPSA) is 66.8 Å². The summed E-state index contributed by atoms with van der Waals surface area (Å²) in [7, 11) is 0. The van der Waals surface area contributed by atoms with Crippen molar-refractivity contribution in [3.05, 3.63) is 60.3 Å². The molecular formula is C20H18FN5O. The van der Waals surface area contributed by atoms with E-state index < -0.39 is 0 Å². The van der Waals surface area contributed by atoms with Crippen LogP contribution < -0.4 is 0 Å². The lowest BCUT2D eigenvalue weighted by molar-refractivity contribution is -0.133. The van der Waals surface area contributed by atoms with Gasteiger partial charge in [-0.2, -0.15) is 5.10 Å². The van der Waals surface area contributed by atoms with Crippen molar-refractivity contribution in [3.8, 4) is 0 Å². The number of hydrogen-bond acceptors (Lipinski definition) is 3. The fraction of sp³-hybridized carbons (Fsp3) is 0.250. The minimum Gasteiger partial charge on any atom is -0.340 e. The zero-order chi connectivity index (χ0) is 18.4. The van der Waals surface area contributed by atoms with Gasteiger partial charge in [0.05, 0.1) is 28.8 Å². The molecule has 1 saturated heterocycles. The molecule has 136 valence electrons. The van der Waals surface area contributed by atoms with Gasteiger partial charge in [0.25, 0.3) is 0 Å². The molecule has 1 N–H and O–H groups in total. The predicted octanol–water partition coefficient (Wildman–Crippen LogP) is 3.42. The van der Waals surface area contributed by atoms with Crippen molar-refractivity contribution in [1.29, 1.82) is 0 Å². The van der Waals surface area contributed by atoms with Gasteiger partial charge in [0.15, 0.2) is 0 Å². The van der Waals surface area contributed by atoms with Crippen molar-refractivity contribution >= 4 is 27.8 Å². The molecule has 6 nitrogen and oxygen atoms in total. The van der Waals surface area contributed by atoms with Gasteiger partial charge in [-0.05, 0) is 37.1 Å². The van der Waals surface area contributed by atoms with Gasteiger partial charge in [0.2, 0.25) is 5.91 Å². The number of rotatable bonds is 3. The van der Waals surface area contributed by atoms with Crippen LogP contribution in [0.2, 0.25) is 0 Å². The summed E-state index contributed by atoms with van der Waals surface area (Å²) in [6.07, 6.45) is 3.54. The predicted molar refractivity (Wildman–Crippen MR) is 99.5 cm³/mol. The van der Waals surface area contributed by atoms with E-state index in [1.165, 1.54) is 12.1 Å². The first-order valence-corrected chi connectivity index (χ1v) is 9.04. The standard InChI is InChI=1S/C20H18FN5O/c21-14-7-8-15-16(10-14)24-20(23-15)18-6-3-9-25(18)19(27)12-26-17-5-2-1-4-13(17)11-22-26/h1-2,4-5,7-8,10-11,18H,3,6,9,12H2,(H,23,24)/t18-/m1/s1. The first-order valence-electron chi connectivity index (χ1n) is 9.04. The molecule has 3 heterocycles. The number of aromatic nitrogens is 4. The summed E-state index contributed by atoms with van der Waals surface area (Å²) in [5.74, 6) is 0.423. The number of carbonyl (C=O) groups excluding carboxylic acids is 1. The van der Waals surface area contributed by atoms with Crippen molar-refractivity contribution in [2.24, 2.45) is 0 Å². The molecule has 1 aliphatic rings. The minimum atomic E-state index is -0.303. The van der Waals surface area contributed by atoms with Gasteiger partial charge in [-0.3, -0.25) is 9.48 Å². The molecule has 2 aromatic carbocycles. The third-order valence-corrected chi connectivity index (χ3v) is 5.19. The van der Waals surface area contributed by atoms with E-state index >= 15 is 0 Å². The maximum atomic E-state index is 13.4. The van der Waals surface area contributed by atoms with E-state index in [9.17, 15) is 9.18 Å². The molecule has 0 aliphatic carbocycles. The second kappa shape index (κ2) is 6.19. The number of nitrogens with one attached hydrogen (secondary N) is 1. The highest BCUT2D eigenvalue weighted by Crippen LogP contribution is 2.32. The minimum absolute atomic E-state index is 0.0120. The number of carbonyl (C=O) groups is 1. The van der Waals surface area contributed by atoms with Gasteiger partial charge in [-0.25, -0.2) is 9.37 Å². The van der Waals surface area contributed by atoms with Crippen molar-refractivity contribution in [2.75, 3.05) is 6.54 Å². The van der Waals surface area contributed by atoms with E-state index in [1.807, 2.05) is 29.2 Å². The summed E-state index contributed by atoms with van der Waals surface area (Å²) in [5, 5.41) is 5.37. The Morgan fingerprint density at radius 1 is 1.26 bits per heavy atom. The molecule has 2 aromatic heterocycles. The van der Waals surface area contributed by atoms with Gasteiger partial charge in [-0.15, -0.1) is 0 Å². The van der Waals surface area contributed by atoms with Gasteiger partial charge in [0, 0.05) is 11.9 Å². The lowest BCUT2D eigenvalue weighted by Crippen LogP contribution is -2.34. The van der Waals surface area contributed by atoms with Crippen LogP contribution in [0, 0.1) is 5.82 Å². The number of benzene rings is 2. The summed E-state index contributed by atoms with van der Waals surface area (Å²) in [6.45, 7) is 0.882. The van der Waals surface area contributed by atoms with Crippen LogP contribution in [0.15, 0.2) is 48.7 Å².